The Kier molecular flexibility index (Phi) is 3.49. The number of rotatable bonds is 2. The number of amides is 1. The minimum Gasteiger partial charge on any atom is -0.322 e. The molecule has 0 radical (unpaired) electrons. The summed E-state index contributed by atoms with van der Waals surface area (Å²) in [5, 5.41) is 2.84. The third-order valence-electron chi connectivity index (χ3n) is 2.46. The van der Waals surface area contributed by atoms with Gasteiger partial charge in [0.25, 0.3) is 5.91 Å². The zero-order valence-electron chi connectivity index (χ0n) is 9.53. The van der Waals surface area contributed by atoms with Gasteiger partial charge in [0.15, 0.2) is 0 Å². The molecule has 0 saturated heterocycles. The maximum Gasteiger partial charge on any atom is 0.255 e. The number of hydrogen-bond donors (Lipinski definition) is 1. The van der Waals surface area contributed by atoms with Gasteiger partial charge in [-0.15, -0.1) is 0 Å². The first-order valence-corrected chi connectivity index (χ1v) is 5.85. The number of benzene rings is 2. The highest BCUT2D eigenvalue weighted by Gasteiger charge is 2.05. The van der Waals surface area contributed by atoms with Crippen molar-refractivity contribution in [3.8, 4) is 0 Å². The molecule has 1 amide bonds. The molecule has 1 N–H and O–H groups in total. The van der Waals surface area contributed by atoms with E-state index in [1.807, 2.05) is 55.5 Å². The van der Waals surface area contributed by atoms with Crippen molar-refractivity contribution in [1.82, 2.24) is 0 Å². The number of carbonyl (C=O) groups excluding carboxylic acids is 1. The molecule has 0 aliphatic carbocycles. The van der Waals surface area contributed by atoms with Crippen molar-refractivity contribution in [2.24, 2.45) is 0 Å². The van der Waals surface area contributed by atoms with Crippen molar-refractivity contribution >= 4 is 24.2 Å². The first kappa shape index (κ1) is 11.7. The maximum absolute atomic E-state index is 11.9. The minimum atomic E-state index is -0.0910. The molecule has 86 valence electrons. The Balaban J connectivity index is 2.11. The second-order valence-corrected chi connectivity index (χ2v) is 4.47. The van der Waals surface area contributed by atoms with Gasteiger partial charge in [-0.1, -0.05) is 17.7 Å². The summed E-state index contributed by atoms with van der Waals surface area (Å²) < 4.78 is 0. The van der Waals surface area contributed by atoms with Crippen LogP contribution in [0.2, 0.25) is 0 Å². The van der Waals surface area contributed by atoms with E-state index in [-0.39, 0.29) is 5.91 Å². The van der Waals surface area contributed by atoms with Crippen LogP contribution < -0.4 is 5.32 Å². The normalized spacial score (nSPS) is 10.0. The van der Waals surface area contributed by atoms with Crippen LogP contribution in [0.4, 0.5) is 5.69 Å². The van der Waals surface area contributed by atoms with E-state index in [1.54, 1.807) is 0 Å². The number of nitrogens with one attached hydrogen (secondary N) is 1. The molecule has 0 heterocycles. The SMILES string of the molecule is Cc1ccc(C(=O)Nc2ccc([SH2+])cc2)cc1. The molecular weight excluding hydrogens is 230 g/mol. The van der Waals surface area contributed by atoms with E-state index in [0.29, 0.717) is 5.56 Å². The third-order valence-corrected chi connectivity index (χ3v) is 2.79. The van der Waals surface area contributed by atoms with Gasteiger partial charge in [-0.25, -0.2) is 0 Å². The van der Waals surface area contributed by atoms with Crippen LogP contribution in [0.3, 0.4) is 0 Å². The third kappa shape index (κ3) is 3.11. The molecule has 0 bridgehead atoms. The van der Waals surface area contributed by atoms with Crippen LogP contribution in [0.1, 0.15) is 15.9 Å². The summed E-state index contributed by atoms with van der Waals surface area (Å²) in [5.41, 5.74) is 2.60. The summed E-state index contributed by atoms with van der Waals surface area (Å²) in [6.45, 7) is 2.00. The van der Waals surface area contributed by atoms with Gasteiger partial charge in [-0.3, -0.25) is 4.79 Å². The fourth-order valence-electron chi connectivity index (χ4n) is 1.46. The van der Waals surface area contributed by atoms with Crippen LogP contribution in [0.25, 0.3) is 0 Å². The molecule has 0 atom stereocenters. The van der Waals surface area contributed by atoms with Crippen LogP contribution in [0, 0.1) is 6.92 Å². The lowest BCUT2D eigenvalue weighted by atomic mass is 10.1. The Morgan fingerprint density at radius 2 is 1.59 bits per heavy atom. The monoisotopic (exact) mass is 244 g/mol. The molecule has 0 saturated carbocycles. The summed E-state index contributed by atoms with van der Waals surface area (Å²) in [4.78, 5) is 12.9. The summed E-state index contributed by atoms with van der Waals surface area (Å²) in [5.74, 6) is -0.0910. The number of hydrogen-bond acceptors (Lipinski definition) is 1. The van der Waals surface area contributed by atoms with Gasteiger partial charge in [0.05, 0.1) is 0 Å². The predicted octanol–water partition coefficient (Wildman–Crippen LogP) is 2.62. The lowest BCUT2D eigenvalue weighted by Crippen LogP contribution is -2.11. The topological polar surface area (TPSA) is 29.1 Å². The summed E-state index contributed by atoms with van der Waals surface area (Å²) >= 11 is 3.40. The Morgan fingerprint density at radius 1 is 1.00 bits per heavy atom. The van der Waals surface area contributed by atoms with Crippen LogP contribution in [-0.2, 0) is 12.6 Å². The van der Waals surface area contributed by atoms with Crippen LogP contribution >= 0.6 is 0 Å². The van der Waals surface area contributed by atoms with E-state index < -0.39 is 0 Å². The summed E-state index contributed by atoms with van der Waals surface area (Å²) in [6, 6.07) is 15.0. The van der Waals surface area contributed by atoms with Gasteiger partial charge in [0.2, 0.25) is 0 Å². The highest BCUT2D eigenvalue weighted by molar-refractivity contribution is 7.58. The lowest BCUT2D eigenvalue weighted by molar-refractivity contribution is 0.102. The first-order chi connectivity index (χ1) is 8.15. The number of anilines is 1. The van der Waals surface area contributed by atoms with Crippen molar-refractivity contribution in [2.45, 2.75) is 11.8 Å². The molecule has 0 aromatic heterocycles. The lowest BCUT2D eigenvalue weighted by Gasteiger charge is -2.04. The number of carbonyl (C=O) groups is 1. The molecule has 2 aromatic rings. The highest BCUT2D eigenvalue weighted by Crippen LogP contribution is 2.11. The quantitative estimate of drug-likeness (QED) is 0.808. The van der Waals surface area contributed by atoms with Crippen LogP contribution in [0.15, 0.2) is 53.4 Å². The average Bonchev–Trinajstić information content (AvgIpc) is 2.33. The van der Waals surface area contributed by atoms with Gasteiger partial charge in [-0.05, 0) is 56.0 Å². The van der Waals surface area contributed by atoms with Crippen molar-refractivity contribution in [3.63, 3.8) is 0 Å². The molecule has 0 fully saturated rings. The molecule has 0 aliphatic rings. The van der Waals surface area contributed by atoms with Crippen LogP contribution in [-0.4, -0.2) is 5.91 Å². The zero-order valence-corrected chi connectivity index (χ0v) is 10.5. The van der Waals surface area contributed by atoms with Gasteiger partial charge in [0, 0.05) is 11.3 Å². The second kappa shape index (κ2) is 5.06. The van der Waals surface area contributed by atoms with E-state index in [4.69, 9.17) is 0 Å². The molecule has 2 nitrogen and oxygen atoms in total. The van der Waals surface area contributed by atoms with E-state index in [1.165, 1.54) is 0 Å². The molecule has 3 heteroatoms. The maximum atomic E-state index is 11.9. The Morgan fingerprint density at radius 3 is 2.18 bits per heavy atom. The molecule has 2 aromatic carbocycles. The minimum absolute atomic E-state index is 0.0910. The molecule has 17 heavy (non-hydrogen) atoms. The second-order valence-electron chi connectivity index (χ2n) is 3.90. The molecule has 0 aliphatic heterocycles. The summed E-state index contributed by atoms with van der Waals surface area (Å²) in [7, 11) is 0. The largest absolute Gasteiger partial charge is 0.322 e. The van der Waals surface area contributed by atoms with Crippen molar-refractivity contribution in [2.75, 3.05) is 5.32 Å². The van der Waals surface area contributed by atoms with Crippen molar-refractivity contribution in [3.05, 3.63) is 59.7 Å². The number of aryl methyl sites for hydroxylation is 1. The highest BCUT2D eigenvalue weighted by atomic mass is 32.1. The Labute approximate surface area is 106 Å². The molecular formula is C14H14NOS+. The van der Waals surface area contributed by atoms with E-state index in [0.717, 1.165) is 16.1 Å². The molecule has 0 spiro atoms. The standard InChI is InChI=1S/C14H13NOS/c1-10-2-4-11(5-3-10)14(16)15-12-6-8-13(17)9-7-12/h2-9,17H,1H3,(H,15,16)/p+1. The van der Waals surface area contributed by atoms with Gasteiger partial charge >= 0.3 is 0 Å². The van der Waals surface area contributed by atoms with Crippen molar-refractivity contribution < 1.29 is 4.79 Å². The fraction of sp³-hybridized carbons (Fsp3) is 0.0714. The molecule has 2 rings (SSSR count). The smallest absolute Gasteiger partial charge is 0.255 e. The van der Waals surface area contributed by atoms with Gasteiger partial charge in [-0.2, -0.15) is 0 Å². The van der Waals surface area contributed by atoms with Gasteiger partial charge in [0.1, 0.15) is 4.90 Å². The van der Waals surface area contributed by atoms with Gasteiger partial charge < -0.3 is 5.32 Å². The first-order valence-electron chi connectivity index (χ1n) is 5.35. The van der Waals surface area contributed by atoms with Crippen molar-refractivity contribution in [1.29, 1.82) is 0 Å². The predicted molar refractivity (Wildman–Crippen MR) is 74.0 cm³/mol. The Hall–Kier alpha value is -1.74. The fourth-order valence-corrected chi connectivity index (χ4v) is 1.63. The Bertz CT molecular complexity index is 517. The molecule has 0 unspecified atom stereocenters. The van der Waals surface area contributed by atoms with E-state index >= 15 is 0 Å². The zero-order chi connectivity index (χ0) is 12.3. The van der Waals surface area contributed by atoms with Crippen LogP contribution in [0.5, 0.6) is 0 Å². The average molecular weight is 244 g/mol. The summed E-state index contributed by atoms with van der Waals surface area (Å²) in [6.07, 6.45) is 0. The van der Waals surface area contributed by atoms with E-state index in [9.17, 15) is 4.79 Å². The van der Waals surface area contributed by atoms with E-state index in [2.05, 4.69) is 17.9 Å².